The van der Waals surface area contributed by atoms with Gasteiger partial charge in [-0.15, -0.1) is 0 Å². The molecule has 2 atom stereocenters. The van der Waals surface area contributed by atoms with Gasteiger partial charge in [0, 0.05) is 22.5 Å². The summed E-state index contributed by atoms with van der Waals surface area (Å²) in [5.41, 5.74) is 0.726. The van der Waals surface area contributed by atoms with Gasteiger partial charge in [0.2, 0.25) is 0 Å². The van der Waals surface area contributed by atoms with Crippen molar-refractivity contribution >= 4 is 17.7 Å². The zero-order chi connectivity index (χ0) is 17.4. The topological polar surface area (TPSA) is 45.5 Å². The SMILES string of the molecule is Cc1ccc(Sc2ccc(C(=O)N[C@@H]3C4CCN(CC4)[C@@H]3C)cc2)o1. The van der Waals surface area contributed by atoms with E-state index in [-0.39, 0.29) is 11.9 Å². The third-order valence-electron chi connectivity index (χ3n) is 5.53. The lowest BCUT2D eigenvalue weighted by Crippen LogP contribution is -2.62. The van der Waals surface area contributed by atoms with E-state index in [2.05, 4.69) is 17.1 Å². The van der Waals surface area contributed by atoms with E-state index in [1.165, 1.54) is 25.9 Å². The molecule has 1 amide bonds. The number of nitrogens with one attached hydrogen (secondary N) is 1. The summed E-state index contributed by atoms with van der Waals surface area (Å²) < 4.78 is 5.58. The third-order valence-corrected chi connectivity index (χ3v) is 6.45. The average molecular weight is 356 g/mol. The van der Waals surface area contributed by atoms with E-state index in [9.17, 15) is 4.79 Å². The number of aryl methyl sites for hydroxylation is 1. The fraction of sp³-hybridized carbons (Fsp3) is 0.450. The number of fused-ring (bicyclic) bond motifs is 3. The van der Waals surface area contributed by atoms with Crippen molar-refractivity contribution in [1.29, 1.82) is 0 Å². The minimum Gasteiger partial charge on any atom is -0.455 e. The van der Waals surface area contributed by atoms with Crippen molar-refractivity contribution in [3.8, 4) is 0 Å². The molecule has 0 spiro atoms. The van der Waals surface area contributed by atoms with Crippen LogP contribution in [0, 0.1) is 12.8 Å². The van der Waals surface area contributed by atoms with Gasteiger partial charge in [0.25, 0.3) is 5.91 Å². The summed E-state index contributed by atoms with van der Waals surface area (Å²) in [6.45, 7) is 6.53. The summed E-state index contributed by atoms with van der Waals surface area (Å²) in [5, 5.41) is 4.15. The molecule has 132 valence electrons. The third kappa shape index (κ3) is 3.48. The van der Waals surface area contributed by atoms with Crippen LogP contribution in [0.1, 0.15) is 35.9 Å². The molecule has 3 saturated heterocycles. The van der Waals surface area contributed by atoms with Crippen molar-refractivity contribution in [3.63, 3.8) is 0 Å². The summed E-state index contributed by atoms with van der Waals surface area (Å²) in [5.74, 6) is 1.57. The van der Waals surface area contributed by atoms with Crippen LogP contribution in [0.25, 0.3) is 0 Å². The van der Waals surface area contributed by atoms with Crippen molar-refractivity contribution in [1.82, 2.24) is 10.2 Å². The van der Waals surface area contributed by atoms with Gasteiger partial charge in [0.15, 0.2) is 5.09 Å². The quantitative estimate of drug-likeness (QED) is 0.901. The summed E-state index contributed by atoms with van der Waals surface area (Å²) in [6, 6.07) is 12.4. The Morgan fingerprint density at radius 2 is 1.88 bits per heavy atom. The molecule has 2 aromatic rings. The van der Waals surface area contributed by atoms with Gasteiger partial charge in [-0.3, -0.25) is 9.69 Å². The van der Waals surface area contributed by atoms with Crippen molar-refractivity contribution in [3.05, 3.63) is 47.7 Å². The van der Waals surface area contributed by atoms with E-state index in [1.807, 2.05) is 43.3 Å². The second-order valence-corrected chi connectivity index (χ2v) is 8.18. The van der Waals surface area contributed by atoms with Gasteiger partial charge in [0.05, 0.1) is 0 Å². The van der Waals surface area contributed by atoms with Crippen LogP contribution in [0.15, 0.2) is 50.8 Å². The molecule has 1 N–H and O–H groups in total. The number of nitrogens with zero attached hydrogens (tertiary/aromatic N) is 1. The standard InChI is InChI=1S/C20H24N2O2S/c1-13-3-8-18(24-13)25-17-6-4-16(5-7-17)20(23)21-19-14(2)22-11-9-15(19)10-12-22/h3-8,14-15,19H,9-12H2,1-2H3,(H,21,23)/t14-,19+/m1/s1. The molecule has 5 rings (SSSR count). The molecule has 25 heavy (non-hydrogen) atoms. The highest BCUT2D eigenvalue weighted by Crippen LogP contribution is 2.32. The van der Waals surface area contributed by atoms with Crippen molar-refractivity contribution in [2.45, 2.75) is 48.8 Å². The molecule has 0 saturated carbocycles. The summed E-state index contributed by atoms with van der Waals surface area (Å²) in [6.07, 6.45) is 2.40. The number of benzene rings is 1. The van der Waals surface area contributed by atoms with E-state index in [0.29, 0.717) is 12.0 Å². The average Bonchev–Trinajstić information content (AvgIpc) is 3.04. The molecule has 3 aliphatic rings. The van der Waals surface area contributed by atoms with Crippen LogP contribution in [0.4, 0.5) is 0 Å². The monoisotopic (exact) mass is 356 g/mol. The molecule has 1 aromatic heterocycles. The summed E-state index contributed by atoms with van der Waals surface area (Å²) >= 11 is 1.57. The van der Waals surface area contributed by atoms with Crippen LogP contribution in [-0.2, 0) is 0 Å². The Hall–Kier alpha value is -1.72. The molecule has 4 heterocycles. The molecule has 2 bridgehead atoms. The number of carbonyl (C=O) groups excluding carboxylic acids is 1. The second kappa shape index (κ2) is 6.89. The number of hydrogen-bond acceptors (Lipinski definition) is 4. The fourth-order valence-electron chi connectivity index (χ4n) is 4.04. The predicted molar refractivity (Wildman–Crippen MR) is 99.0 cm³/mol. The van der Waals surface area contributed by atoms with Crippen LogP contribution < -0.4 is 5.32 Å². The summed E-state index contributed by atoms with van der Waals surface area (Å²) in [7, 11) is 0. The lowest BCUT2D eigenvalue weighted by molar-refractivity contribution is 0.0217. The number of furan rings is 1. The number of hydrogen-bond donors (Lipinski definition) is 1. The molecule has 1 aromatic carbocycles. The van der Waals surface area contributed by atoms with E-state index in [4.69, 9.17) is 4.42 Å². The smallest absolute Gasteiger partial charge is 0.251 e. The minimum absolute atomic E-state index is 0.0380. The molecule has 3 aliphatic heterocycles. The summed E-state index contributed by atoms with van der Waals surface area (Å²) in [4.78, 5) is 16.2. The molecule has 3 fully saturated rings. The lowest BCUT2D eigenvalue weighted by atomic mass is 9.79. The van der Waals surface area contributed by atoms with Gasteiger partial charge in [-0.25, -0.2) is 0 Å². The first-order valence-electron chi connectivity index (χ1n) is 8.99. The molecule has 5 heteroatoms. The van der Waals surface area contributed by atoms with E-state index in [0.717, 1.165) is 21.3 Å². The maximum atomic E-state index is 12.7. The van der Waals surface area contributed by atoms with Crippen molar-refractivity contribution in [2.24, 2.45) is 5.92 Å². The highest BCUT2D eigenvalue weighted by molar-refractivity contribution is 7.99. The normalized spacial score (nSPS) is 28.1. The zero-order valence-electron chi connectivity index (χ0n) is 14.7. The number of carbonyl (C=O) groups is 1. The Kier molecular flexibility index (Phi) is 4.61. The largest absolute Gasteiger partial charge is 0.455 e. The molecular weight excluding hydrogens is 332 g/mol. The van der Waals surface area contributed by atoms with E-state index in [1.54, 1.807) is 11.8 Å². The van der Waals surface area contributed by atoms with Gasteiger partial charge in [-0.2, -0.15) is 0 Å². The fourth-order valence-corrected chi connectivity index (χ4v) is 4.85. The molecule has 0 aliphatic carbocycles. The van der Waals surface area contributed by atoms with Crippen molar-refractivity contribution in [2.75, 3.05) is 13.1 Å². The zero-order valence-corrected chi connectivity index (χ0v) is 15.5. The van der Waals surface area contributed by atoms with Gasteiger partial charge in [0.1, 0.15) is 5.76 Å². The van der Waals surface area contributed by atoms with E-state index >= 15 is 0 Å². The van der Waals surface area contributed by atoms with Gasteiger partial charge < -0.3 is 9.73 Å². The Labute approximate surface area is 153 Å². The van der Waals surface area contributed by atoms with Gasteiger partial charge in [-0.1, -0.05) is 11.8 Å². The molecule has 4 nitrogen and oxygen atoms in total. The van der Waals surface area contributed by atoms with Crippen LogP contribution in [0.2, 0.25) is 0 Å². The first-order valence-corrected chi connectivity index (χ1v) is 9.81. The van der Waals surface area contributed by atoms with Crippen LogP contribution in [-0.4, -0.2) is 36.0 Å². The first-order chi connectivity index (χ1) is 12.1. The van der Waals surface area contributed by atoms with Gasteiger partial charge >= 0.3 is 0 Å². The van der Waals surface area contributed by atoms with Crippen LogP contribution in [0.5, 0.6) is 0 Å². The van der Waals surface area contributed by atoms with E-state index < -0.39 is 0 Å². The highest BCUT2D eigenvalue weighted by Gasteiger charge is 2.40. The van der Waals surface area contributed by atoms with Crippen LogP contribution >= 0.6 is 11.8 Å². The number of rotatable bonds is 4. The second-order valence-electron chi connectivity index (χ2n) is 7.10. The lowest BCUT2D eigenvalue weighted by Gasteiger charge is -2.49. The Balaban J connectivity index is 1.40. The molecular formula is C20H24N2O2S. The maximum absolute atomic E-state index is 12.7. The first kappa shape index (κ1) is 16.7. The Morgan fingerprint density at radius 1 is 1.16 bits per heavy atom. The molecule has 0 unspecified atom stereocenters. The highest BCUT2D eigenvalue weighted by atomic mass is 32.2. The molecule has 0 radical (unpaired) electrons. The Bertz CT molecular complexity index is 745. The number of piperidine rings is 3. The minimum atomic E-state index is 0.0380. The van der Waals surface area contributed by atoms with Crippen molar-refractivity contribution < 1.29 is 9.21 Å². The number of amides is 1. The van der Waals surface area contributed by atoms with Crippen LogP contribution in [0.3, 0.4) is 0 Å². The Morgan fingerprint density at radius 3 is 2.48 bits per heavy atom. The predicted octanol–water partition coefficient (Wildman–Crippen LogP) is 3.95. The maximum Gasteiger partial charge on any atom is 0.251 e. The van der Waals surface area contributed by atoms with Gasteiger partial charge in [-0.05, 0) is 82.1 Å².